The number of rotatable bonds is 7. The van der Waals surface area contributed by atoms with Crippen LogP contribution in [0.25, 0.3) is 11.0 Å². The van der Waals surface area contributed by atoms with Gasteiger partial charge in [0.1, 0.15) is 11.3 Å². The molecule has 102 valence electrons. The molecule has 0 bridgehead atoms. The predicted octanol–water partition coefficient (Wildman–Crippen LogP) is 3.51. The predicted molar refractivity (Wildman–Crippen MR) is 76.2 cm³/mol. The minimum absolute atomic E-state index is 0.219. The average Bonchev–Trinajstić information content (AvgIpc) is 3.14. The minimum Gasteiger partial charge on any atom is -0.459 e. The fraction of sp³-hybridized carbons (Fsp3) is 0.500. The molecule has 1 unspecified atom stereocenters. The van der Waals surface area contributed by atoms with Crippen LogP contribution >= 0.6 is 0 Å². The second kappa shape index (κ2) is 5.76. The third-order valence-electron chi connectivity index (χ3n) is 3.62. The van der Waals surface area contributed by atoms with Gasteiger partial charge in [-0.1, -0.05) is 18.2 Å². The molecule has 2 aromatic rings. The van der Waals surface area contributed by atoms with E-state index in [-0.39, 0.29) is 6.04 Å². The van der Waals surface area contributed by atoms with E-state index in [0.717, 1.165) is 42.4 Å². The Morgan fingerprint density at radius 1 is 1.37 bits per heavy atom. The van der Waals surface area contributed by atoms with Gasteiger partial charge in [0.05, 0.1) is 12.6 Å². The van der Waals surface area contributed by atoms with Crippen LogP contribution in [0.5, 0.6) is 0 Å². The fourth-order valence-electron chi connectivity index (χ4n) is 2.20. The topological polar surface area (TPSA) is 34.4 Å². The van der Waals surface area contributed by atoms with E-state index in [0.29, 0.717) is 0 Å². The zero-order valence-electron chi connectivity index (χ0n) is 11.4. The summed E-state index contributed by atoms with van der Waals surface area (Å²) in [6.07, 6.45) is 2.70. The van der Waals surface area contributed by atoms with Gasteiger partial charge in [-0.05, 0) is 37.8 Å². The first-order valence-electron chi connectivity index (χ1n) is 7.12. The number of hydrogen-bond acceptors (Lipinski definition) is 3. The summed E-state index contributed by atoms with van der Waals surface area (Å²) in [5.41, 5.74) is 0.955. The Morgan fingerprint density at radius 2 is 2.21 bits per heavy atom. The molecule has 1 saturated carbocycles. The molecule has 1 atom stereocenters. The molecule has 1 N–H and O–H groups in total. The van der Waals surface area contributed by atoms with Gasteiger partial charge in [-0.3, -0.25) is 0 Å². The first-order chi connectivity index (χ1) is 9.33. The fourth-order valence-corrected chi connectivity index (χ4v) is 2.20. The molecule has 0 radical (unpaired) electrons. The molecule has 3 rings (SSSR count). The number of para-hydroxylation sites is 1. The van der Waals surface area contributed by atoms with Crippen molar-refractivity contribution in [3.63, 3.8) is 0 Å². The van der Waals surface area contributed by atoms with Crippen LogP contribution in [0, 0.1) is 5.92 Å². The molecule has 1 fully saturated rings. The SMILES string of the molecule is CC(NCCOCC1CC1)c1cc2ccccc2o1. The lowest BCUT2D eigenvalue weighted by Gasteiger charge is -2.11. The highest BCUT2D eigenvalue weighted by Gasteiger charge is 2.20. The molecule has 1 heterocycles. The second-order valence-electron chi connectivity index (χ2n) is 5.38. The van der Waals surface area contributed by atoms with E-state index >= 15 is 0 Å². The molecule has 0 amide bonds. The molecule has 1 aliphatic carbocycles. The summed E-state index contributed by atoms with van der Waals surface area (Å²) in [6, 6.07) is 10.4. The molecule has 1 aromatic carbocycles. The quantitative estimate of drug-likeness (QED) is 0.773. The average molecular weight is 259 g/mol. The van der Waals surface area contributed by atoms with Gasteiger partial charge in [0.15, 0.2) is 0 Å². The Labute approximate surface area is 113 Å². The number of nitrogens with one attached hydrogen (secondary N) is 1. The Balaban J connectivity index is 1.47. The number of hydrogen-bond donors (Lipinski definition) is 1. The smallest absolute Gasteiger partial charge is 0.134 e. The maximum atomic E-state index is 5.83. The Hall–Kier alpha value is -1.32. The number of ether oxygens (including phenoxy) is 1. The zero-order chi connectivity index (χ0) is 13.1. The first-order valence-corrected chi connectivity index (χ1v) is 7.12. The monoisotopic (exact) mass is 259 g/mol. The van der Waals surface area contributed by atoms with Gasteiger partial charge in [0, 0.05) is 18.5 Å². The second-order valence-corrected chi connectivity index (χ2v) is 5.38. The van der Waals surface area contributed by atoms with Crippen molar-refractivity contribution in [1.29, 1.82) is 0 Å². The van der Waals surface area contributed by atoms with Crippen LogP contribution < -0.4 is 5.32 Å². The largest absolute Gasteiger partial charge is 0.459 e. The first kappa shape index (κ1) is 12.7. The van der Waals surface area contributed by atoms with Gasteiger partial charge in [0.25, 0.3) is 0 Å². The molecule has 3 nitrogen and oxygen atoms in total. The van der Waals surface area contributed by atoms with Crippen molar-refractivity contribution >= 4 is 11.0 Å². The van der Waals surface area contributed by atoms with Gasteiger partial charge >= 0.3 is 0 Å². The molecular formula is C16H21NO2. The van der Waals surface area contributed by atoms with Crippen LogP contribution in [0.1, 0.15) is 31.6 Å². The van der Waals surface area contributed by atoms with Crippen molar-refractivity contribution in [2.45, 2.75) is 25.8 Å². The third-order valence-corrected chi connectivity index (χ3v) is 3.62. The van der Waals surface area contributed by atoms with Crippen LogP contribution in [0.15, 0.2) is 34.7 Å². The van der Waals surface area contributed by atoms with E-state index in [1.165, 1.54) is 12.8 Å². The lowest BCUT2D eigenvalue weighted by molar-refractivity contribution is 0.124. The summed E-state index contributed by atoms with van der Waals surface area (Å²) in [4.78, 5) is 0. The van der Waals surface area contributed by atoms with Gasteiger partial charge in [0.2, 0.25) is 0 Å². The maximum absolute atomic E-state index is 5.83. The van der Waals surface area contributed by atoms with Crippen molar-refractivity contribution in [2.24, 2.45) is 5.92 Å². The van der Waals surface area contributed by atoms with E-state index in [4.69, 9.17) is 9.15 Å². The summed E-state index contributed by atoms with van der Waals surface area (Å²) in [6.45, 7) is 4.70. The van der Waals surface area contributed by atoms with Crippen molar-refractivity contribution in [3.05, 3.63) is 36.1 Å². The standard InChI is InChI=1S/C16H21NO2/c1-12(17-8-9-18-11-13-6-7-13)16-10-14-4-2-3-5-15(14)19-16/h2-5,10,12-13,17H,6-9,11H2,1H3. The van der Waals surface area contributed by atoms with Crippen molar-refractivity contribution in [1.82, 2.24) is 5.32 Å². The lowest BCUT2D eigenvalue weighted by Crippen LogP contribution is -2.23. The van der Waals surface area contributed by atoms with Gasteiger partial charge in [-0.2, -0.15) is 0 Å². The van der Waals surface area contributed by atoms with Gasteiger partial charge in [-0.15, -0.1) is 0 Å². The van der Waals surface area contributed by atoms with Crippen LogP contribution in [0.3, 0.4) is 0 Å². The van der Waals surface area contributed by atoms with E-state index in [1.54, 1.807) is 0 Å². The third kappa shape index (κ3) is 3.37. The summed E-state index contributed by atoms with van der Waals surface area (Å²) < 4.78 is 11.4. The highest BCUT2D eigenvalue weighted by molar-refractivity contribution is 5.77. The molecular weight excluding hydrogens is 238 g/mol. The molecule has 19 heavy (non-hydrogen) atoms. The molecule has 3 heteroatoms. The molecule has 0 spiro atoms. The number of benzene rings is 1. The summed E-state index contributed by atoms with van der Waals surface area (Å²) in [5.74, 6) is 1.83. The Bertz CT molecular complexity index is 497. The molecule has 0 saturated heterocycles. The normalized spacial score (nSPS) is 16.9. The van der Waals surface area contributed by atoms with Crippen molar-refractivity contribution in [2.75, 3.05) is 19.8 Å². The maximum Gasteiger partial charge on any atom is 0.134 e. The summed E-state index contributed by atoms with van der Waals surface area (Å²) in [5, 5.41) is 4.60. The highest BCUT2D eigenvalue weighted by atomic mass is 16.5. The van der Waals surface area contributed by atoms with Crippen molar-refractivity contribution in [3.8, 4) is 0 Å². The van der Waals surface area contributed by atoms with E-state index in [2.05, 4.69) is 24.4 Å². The highest BCUT2D eigenvalue weighted by Crippen LogP contribution is 2.28. The van der Waals surface area contributed by atoms with Crippen LogP contribution in [0.2, 0.25) is 0 Å². The number of furan rings is 1. The van der Waals surface area contributed by atoms with Crippen LogP contribution in [0.4, 0.5) is 0 Å². The minimum atomic E-state index is 0.219. The molecule has 1 aliphatic rings. The summed E-state index contributed by atoms with van der Waals surface area (Å²) >= 11 is 0. The van der Waals surface area contributed by atoms with E-state index < -0.39 is 0 Å². The zero-order valence-corrected chi connectivity index (χ0v) is 11.4. The van der Waals surface area contributed by atoms with Gasteiger partial charge in [-0.25, -0.2) is 0 Å². The number of fused-ring (bicyclic) bond motifs is 1. The Morgan fingerprint density at radius 3 is 3.00 bits per heavy atom. The Kier molecular flexibility index (Phi) is 3.85. The molecule has 1 aromatic heterocycles. The van der Waals surface area contributed by atoms with Gasteiger partial charge < -0.3 is 14.5 Å². The van der Waals surface area contributed by atoms with E-state index in [9.17, 15) is 0 Å². The lowest BCUT2D eigenvalue weighted by atomic mass is 10.2. The van der Waals surface area contributed by atoms with Crippen molar-refractivity contribution < 1.29 is 9.15 Å². The van der Waals surface area contributed by atoms with E-state index in [1.807, 2.05) is 18.2 Å². The molecule has 0 aliphatic heterocycles. The van der Waals surface area contributed by atoms with Crippen LogP contribution in [-0.2, 0) is 4.74 Å². The van der Waals surface area contributed by atoms with Crippen LogP contribution in [-0.4, -0.2) is 19.8 Å². The summed E-state index contributed by atoms with van der Waals surface area (Å²) in [7, 11) is 0.